The van der Waals surface area contributed by atoms with Crippen molar-refractivity contribution in [1.82, 2.24) is 14.8 Å². The van der Waals surface area contributed by atoms with Crippen molar-refractivity contribution >= 4 is 5.91 Å². The fraction of sp³-hybridized carbons (Fsp3) is 0.529. The van der Waals surface area contributed by atoms with Crippen LogP contribution in [0.15, 0.2) is 30.9 Å². The molecular weight excluding hydrogens is 335 g/mol. The van der Waals surface area contributed by atoms with Gasteiger partial charge in [0.25, 0.3) is 0 Å². The molecule has 1 unspecified atom stereocenters. The summed E-state index contributed by atoms with van der Waals surface area (Å²) in [7, 11) is 5.08. The zero-order valence-corrected chi connectivity index (χ0v) is 14.7. The summed E-state index contributed by atoms with van der Waals surface area (Å²) in [5.41, 5.74) is -0.997. The zero-order chi connectivity index (χ0) is 19.0. The van der Waals surface area contributed by atoms with Crippen molar-refractivity contribution in [2.24, 2.45) is 0 Å². The van der Waals surface area contributed by atoms with Crippen LogP contribution in [-0.4, -0.2) is 61.0 Å². The number of rotatable bonds is 9. The second-order valence-corrected chi connectivity index (χ2v) is 5.95. The van der Waals surface area contributed by atoms with Gasteiger partial charge in [0.05, 0.1) is 6.54 Å². The number of carbonyl (C=O) groups is 1. The highest BCUT2D eigenvalue weighted by Gasteiger charge is 2.32. The molecule has 0 aromatic carbocycles. The lowest BCUT2D eigenvalue weighted by Gasteiger charge is -2.25. The van der Waals surface area contributed by atoms with E-state index in [1.807, 2.05) is 0 Å². The molecule has 0 saturated heterocycles. The van der Waals surface area contributed by atoms with Crippen molar-refractivity contribution in [2.75, 3.05) is 34.2 Å². The zero-order valence-electron chi connectivity index (χ0n) is 14.7. The van der Waals surface area contributed by atoms with Crippen molar-refractivity contribution in [2.45, 2.75) is 25.1 Å². The van der Waals surface area contributed by atoms with Crippen LogP contribution in [-0.2, 0) is 11.0 Å². The third-order valence-electron chi connectivity index (χ3n) is 3.41. The summed E-state index contributed by atoms with van der Waals surface area (Å²) >= 11 is 0. The molecule has 1 aromatic heterocycles. The van der Waals surface area contributed by atoms with E-state index in [0.717, 1.165) is 6.07 Å². The van der Waals surface area contributed by atoms with Gasteiger partial charge in [-0.05, 0) is 26.0 Å². The molecule has 140 valence electrons. The van der Waals surface area contributed by atoms with E-state index in [-0.39, 0.29) is 18.3 Å². The number of hydrogen-bond donors (Lipinski definition) is 0. The second-order valence-electron chi connectivity index (χ2n) is 5.95. The number of pyridine rings is 1. The molecule has 0 aliphatic heterocycles. The van der Waals surface area contributed by atoms with Crippen LogP contribution in [0.25, 0.3) is 0 Å². The van der Waals surface area contributed by atoms with E-state index in [1.54, 1.807) is 32.1 Å². The number of aromatic nitrogens is 1. The summed E-state index contributed by atoms with van der Waals surface area (Å²) in [5.74, 6) is -0.154. The Bertz CT molecular complexity index is 577. The van der Waals surface area contributed by atoms with Crippen LogP contribution >= 0.6 is 0 Å². The van der Waals surface area contributed by atoms with E-state index in [2.05, 4.69) is 11.6 Å². The van der Waals surface area contributed by atoms with Gasteiger partial charge in [-0.3, -0.25) is 9.69 Å². The van der Waals surface area contributed by atoms with Crippen LogP contribution in [0.1, 0.15) is 18.5 Å². The molecular formula is C17H24F3N3O2. The molecule has 0 N–H and O–H groups in total. The van der Waals surface area contributed by atoms with E-state index in [1.165, 1.54) is 17.0 Å². The molecule has 0 aliphatic carbocycles. The van der Waals surface area contributed by atoms with Gasteiger partial charge < -0.3 is 9.64 Å². The third kappa shape index (κ3) is 7.55. The summed E-state index contributed by atoms with van der Waals surface area (Å²) in [5, 5.41) is 0. The predicted octanol–water partition coefficient (Wildman–Crippen LogP) is 2.83. The van der Waals surface area contributed by atoms with Crippen LogP contribution < -0.4 is 4.74 Å². The largest absolute Gasteiger partial charge is 0.473 e. The fourth-order valence-electron chi connectivity index (χ4n) is 2.08. The SMILES string of the molecule is C=CCCC(CN(C)CC(=O)N(C)C)Oc1cccc(C(F)(F)F)n1. The number of halogens is 3. The molecule has 0 saturated carbocycles. The first-order valence-electron chi connectivity index (χ1n) is 7.84. The molecule has 1 heterocycles. The fourth-order valence-corrected chi connectivity index (χ4v) is 2.08. The maximum atomic E-state index is 12.8. The molecule has 0 bridgehead atoms. The molecule has 1 rings (SSSR count). The summed E-state index contributed by atoms with van der Waals surface area (Å²) in [6, 6.07) is 3.55. The van der Waals surface area contributed by atoms with Gasteiger partial charge >= 0.3 is 6.18 Å². The van der Waals surface area contributed by atoms with Crippen molar-refractivity contribution in [1.29, 1.82) is 0 Å². The van der Waals surface area contributed by atoms with Gasteiger partial charge in [-0.15, -0.1) is 6.58 Å². The first kappa shape index (κ1) is 21.0. The van der Waals surface area contributed by atoms with Crippen LogP contribution in [0, 0.1) is 0 Å². The van der Waals surface area contributed by atoms with Gasteiger partial charge in [0, 0.05) is 26.7 Å². The number of carbonyl (C=O) groups excluding carboxylic acids is 1. The smallest absolute Gasteiger partial charge is 0.433 e. The molecule has 0 aliphatic rings. The number of ether oxygens (including phenoxy) is 1. The lowest BCUT2D eigenvalue weighted by atomic mass is 10.2. The second kappa shape index (κ2) is 9.41. The van der Waals surface area contributed by atoms with Crippen molar-refractivity contribution < 1.29 is 22.7 Å². The molecule has 1 atom stereocenters. The Balaban J connectivity index is 2.79. The summed E-state index contributed by atoms with van der Waals surface area (Å²) < 4.78 is 43.9. The lowest BCUT2D eigenvalue weighted by molar-refractivity contribution is -0.141. The van der Waals surface area contributed by atoms with E-state index >= 15 is 0 Å². The van der Waals surface area contributed by atoms with E-state index < -0.39 is 18.0 Å². The van der Waals surface area contributed by atoms with Gasteiger partial charge in [0.2, 0.25) is 11.8 Å². The van der Waals surface area contributed by atoms with Crippen LogP contribution in [0.3, 0.4) is 0 Å². The minimum atomic E-state index is -4.52. The third-order valence-corrected chi connectivity index (χ3v) is 3.41. The Morgan fingerprint density at radius 1 is 1.36 bits per heavy atom. The van der Waals surface area contributed by atoms with Gasteiger partial charge in [0.15, 0.2) is 0 Å². The van der Waals surface area contributed by atoms with Crippen molar-refractivity contribution in [3.05, 3.63) is 36.5 Å². The summed E-state index contributed by atoms with van der Waals surface area (Å²) in [6.07, 6.45) is -2.03. The average molecular weight is 359 g/mol. The monoisotopic (exact) mass is 359 g/mol. The highest BCUT2D eigenvalue weighted by molar-refractivity contribution is 5.77. The highest BCUT2D eigenvalue weighted by atomic mass is 19.4. The Hall–Kier alpha value is -2.09. The predicted molar refractivity (Wildman–Crippen MR) is 89.3 cm³/mol. The van der Waals surface area contributed by atoms with E-state index in [4.69, 9.17) is 4.74 Å². The highest BCUT2D eigenvalue weighted by Crippen LogP contribution is 2.28. The van der Waals surface area contributed by atoms with E-state index in [9.17, 15) is 18.0 Å². The number of nitrogens with zero attached hydrogens (tertiary/aromatic N) is 3. The Morgan fingerprint density at radius 3 is 2.60 bits per heavy atom. The van der Waals surface area contributed by atoms with Gasteiger partial charge in [-0.2, -0.15) is 13.2 Å². The average Bonchev–Trinajstić information content (AvgIpc) is 2.51. The van der Waals surface area contributed by atoms with Gasteiger partial charge in [0.1, 0.15) is 11.8 Å². The molecule has 0 spiro atoms. The molecule has 8 heteroatoms. The Kier molecular flexibility index (Phi) is 7.89. The van der Waals surface area contributed by atoms with Crippen molar-refractivity contribution in [3.63, 3.8) is 0 Å². The van der Waals surface area contributed by atoms with Crippen LogP contribution in [0.4, 0.5) is 13.2 Å². The lowest BCUT2D eigenvalue weighted by Crippen LogP contribution is -2.39. The first-order valence-corrected chi connectivity index (χ1v) is 7.84. The quantitative estimate of drug-likeness (QED) is 0.636. The molecule has 25 heavy (non-hydrogen) atoms. The number of alkyl halides is 3. The number of amides is 1. The first-order chi connectivity index (χ1) is 11.6. The van der Waals surface area contributed by atoms with Gasteiger partial charge in [-0.25, -0.2) is 4.98 Å². The topological polar surface area (TPSA) is 45.7 Å². The van der Waals surface area contributed by atoms with E-state index in [0.29, 0.717) is 19.4 Å². The molecule has 1 amide bonds. The maximum absolute atomic E-state index is 12.8. The molecule has 1 aromatic rings. The minimum absolute atomic E-state index is 0.0674. The maximum Gasteiger partial charge on any atom is 0.433 e. The van der Waals surface area contributed by atoms with Crippen LogP contribution in [0.2, 0.25) is 0 Å². The Morgan fingerprint density at radius 2 is 2.04 bits per heavy atom. The summed E-state index contributed by atoms with van der Waals surface area (Å²) in [4.78, 5) is 18.5. The molecule has 5 nitrogen and oxygen atoms in total. The normalized spacial score (nSPS) is 12.8. The van der Waals surface area contributed by atoms with Gasteiger partial charge in [-0.1, -0.05) is 12.1 Å². The standard InChI is InChI=1S/C17H24F3N3O2/c1-5-6-8-13(11-23(4)12-16(24)22(2)3)25-15-10-7-9-14(21-15)17(18,19)20/h5,7,9-10,13H,1,6,8,11-12H2,2-4H3. The number of allylic oxidation sites excluding steroid dienone is 1. The Labute approximate surface area is 146 Å². The van der Waals surface area contributed by atoms with Crippen molar-refractivity contribution in [3.8, 4) is 5.88 Å². The number of likely N-dealkylation sites (N-methyl/N-ethyl adjacent to an activating group) is 2. The number of hydrogen-bond acceptors (Lipinski definition) is 4. The molecule has 0 radical (unpaired) electrons. The minimum Gasteiger partial charge on any atom is -0.473 e. The van der Waals surface area contributed by atoms with Crippen LogP contribution in [0.5, 0.6) is 5.88 Å². The molecule has 0 fully saturated rings. The summed E-state index contributed by atoms with van der Waals surface area (Å²) in [6.45, 7) is 4.21.